The summed E-state index contributed by atoms with van der Waals surface area (Å²) in [6.45, 7) is 0. The van der Waals surface area contributed by atoms with Crippen molar-refractivity contribution in [3.63, 3.8) is 0 Å². The van der Waals surface area contributed by atoms with Gasteiger partial charge < -0.3 is 10.0 Å². The van der Waals surface area contributed by atoms with E-state index in [2.05, 4.69) is 10.1 Å². The molecule has 0 saturated carbocycles. The number of fused-ring (bicyclic) bond motifs is 1. The van der Waals surface area contributed by atoms with E-state index < -0.39 is 7.12 Å². The van der Waals surface area contributed by atoms with E-state index in [-0.39, 0.29) is 0 Å². The average molecular weight is 315 g/mol. The molecule has 116 valence electrons. The number of hydrogen-bond donors (Lipinski definition) is 2. The molecule has 0 radical (unpaired) electrons. The van der Waals surface area contributed by atoms with Gasteiger partial charge >= 0.3 is 7.12 Å². The van der Waals surface area contributed by atoms with Crippen LogP contribution in [0.2, 0.25) is 0 Å². The second-order valence-electron chi connectivity index (χ2n) is 5.49. The molecular formula is C18H14BN3O2. The topological polar surface area (TPSA) is 70.7 Å². The lowest BCUT2D eigenvalue weighted by Gasteiger charge is -2.01. The van der Waals surface area contributed by atoms with Crippen LogP contribution >= 0.6 is 0 Å². The molecule has 2 aromatic carbocycles. The Hall–Kier alpha value is -2.96. The molecule has 2 N–H and O–H groups in total. The quantitative estimate of drug-likeness (QED) is 0.565. The Kier molecular flexibility index (Phi) is 3.61. The molecule has 0 aliphatic heterocycles. The molecule has 0 saturated heterocycles. The Morgan fingerprint density at radius 1 is 0.833 bits per heavy atom. The SMILES string of the molecule is OB(O)c1cccc(-c2nc3c(-c4ccccc4)cccn3n2)c1. The minimum absolute atomic E-state index is 0.412. The molecule has 4 rings (SSSR count). The first-order valence-corrected chi connectivity index (χ1v) is 7.60. The van der Waals surface area contributed by atoms with Crippen LogP contribution in [0.3, 0.4) is 0 Å². The van der Waals surface area contributed by atoms with Gasteiger partial charge in [0.25, 0.3) is 0 Å². The van der Waals surface area contributed by atoms with Crippen LogP contribution < -0.4 is 5.46 Å². The first-order chi connectivity index (χ1) is 11.7. The fraction of sp³-hybridized carbons (Fsp3) is 0. The molecule has 0 unspecified atom stereocenters. The normalized spacial score (nSPS) is 10.9. The molecule has 24 heavy (non-hydrogen) atoms. The van der Waals surface area contributed by atoms with Crippen LogP contribution in [0.25, 0.3) is 28.2 Å². The maximum absolute atomic E-state index is 9.34. The van der Waals surface area contributed by atoms with Gasteiger partial charge in [0.15, 0.2) is 11.5 Å². The van der Waals surface area contributed by atoms with Gasteiger partial charge in [-0.2, -0.15) is 0 Å². The fourth-order valence-electron chi connectivity index (χ4n) is 2.71. The van der Waals surface area contributed by atoms with Gasteiger partial charge in [-0.05, 0) is 23.2 Å². The predicted octanol–water partition coefficient (Wildman–Crippen LogP) is 1.74. The third-order valence-electron chi connectivity index (χ3n) is 3.89. The third-order valence-corrected chi connectivity index (χ3v) is 3.89. The summed E-state index contributed by atoms with van der Waals surface area (Å²) in [5.41, 5.74) is 3.98. The minimum atomic E-state index is -1.51. The lowest BCUT2D eigenvalue weighted by atomic mass is 9.79. The van der Waals surface area contributed by atoms with Crippen LogP contribution in [0.1, 0.15) is 0 Å². The fourth-order valence-corrected chi connectivity index (χ4v) is 2.71. The monoisotopic (exact) mass is 315 g/mol. The highest BCUT2D eigenvalue weighted by atomic mass is 16.4. The first-order valence-electron chi connectivity index (χ1n) is 7.60. The van der Waals surface area contributed by atoms with Gasteiger partial charge in [0, 0.05) is 17.3 Å². The molecule has 0 fully saturated rings. The summed E-state index contributed by atoms with van der Waals surface area (Å²) in [5.74, 6) is 0.542. The molecule has 6 heteroatoms. The van der Waals surface area contributed by atoms with E-state index in [9.17, 15) is 10.0 Å². The highest BCUT2D eigenvalue weighted by Gasteiger charge is 2.14. The molecule has 5 nitrogen and oxygen atoms in total. The van der Waals surface area contributed by atoms with Crippen LogP contribution in [0.4, 0.5) is 0 Å². The zero-order valence-corrected chi connectivity index (χ0v) is 12.7. The molecule has 0 bridgehead atoms. The number of pyridine rings is 1. The van der Waals surface area contributed by atoms with E-state index in [0.29, 0.717) is 11.3 Å². The van der Waals surface area contributed by atoms with Crippen LogP contribution in [0, 0.1) is 0 Å². The van der Waals surface area contributed by atoms with Gasteiger partial charge in [0.05, 0.1) is 0 Å². The van der Waals surface area contributed by atoms with E-state index in [4.69, 9.17) is 0 Å². The van der Waals surface area contributed by atoms with Crippen LogP contribution in [-0.2, 0) is 0 Å². The van der Waals surface area contributed by atoms with E-state index >= 15 is 0 Å². The van der Waals surface area contributed by atoms with Crippen LogP contribution in [-0.4, -0.2) is 31.8 Å². The lowest BCUT2D eigenvalue weighted by molar-refractivity contribution is 0.426. The molecule has 0 atom stereocenters. The molecule has 0 spiro atoms. The van der Waals surface area contributed by atoms with Crippen molar-refractivity contribution in [1.82, 2.24) is 14.6 Å². The zero-order valence-electron chi connectivity index (χ0n) is 12.7. The van der Waals surface area contributed by atoms with Crippen LogP contribution in [0.5, 0.6) is 0 Å². The third kappa shape index (κ3) is 2.58. The average Bonchev–Trinajstić information content (AvgIpc) is 3.07. The maximum atomic E-state index is 9.34. The van der Waals surface area contributed by atoms with Gasteiger partial charge in [0.2, 0.25) is 0 Å². The maximum Gasteiger partial charge on any atom is 0.488 e. The van der Waals surface area contributed by atoms with Gasteiger partial charge in [-0.25, -0.2) is 9.50 Å². The Bertz CT molecular complexity index is 1000. The van der Waals surface area contributed by atoms with Crippen molar-refractivity contribution in [3.05, 3.63) is 72.9 Å². The summed E-state index contributed by atoms with van der Waals surface area (Å²) >= 11 is 0. The number of nitrogens with zero attached hydrogens (tertiary/aromatic N) is 3. The van der Waals surface area contributed by atoms with Gasteiger partial charge in [0.1, 0.15) is 0 Å². The molecule has 4 aromatic rings. The Morgan fingerprint density at radius 3 is 2.42 bits per heavy atom. The standard InChI is InChI=1S/C18H14BN3O2/c23-19(24)15-9-4-8-14(12-15)17-20-18-16(10-5-11-22(18)21-17)13-6-2-1-3-7-13/h1-12,23-24H. The van der Waals surface area contributed by atoms with Crippen molar-refractivity contribution in [2.75, 3.05) is 0 Å². The van der Waals surface area contributed by atoms with Crippen LogP contribution in [0.15, 0.2) is 72.9 Å². The minimum Gasteiger partial charge on any atom is -0.423 e. The Balaban J connectivity index is 1.86. The van der Waals surface area contributed by atoms with Crippen molar-refractivity contribution in [2.45, 2.75) is 0 Å². The summed E-state index contributed by atoms with van der Waals surface area (Å²) in [5, 5.41) is 23.2. The van der Waals surface area contributed by atoms with E-state index in [1.165, 1.54) is 0 Å². The largest absolute Gasteiger partial charge is 0.488 e. The predicted molar refractivity (Wildman–Crippen MR) is 93.7 cm³/mol. The second kappa shape index (κ2) is 5.92. The zero-order chi connectivity index (χ0) is 16.5. The van der Waals surface area contributed by atoms with Gasteiger partial charge in [-0.1, -0.05) is 54.6 Å². The number of rotatable bonds is 3. The van der Waals surface area contributed by atoms with Gasteiger partial charge in [-0.15, -0.1) is 5.10 Å². The van der Waals surface area contributed by atoms with E-state index in [1.54, 1.807) is 22.7 Å². The summed E-state index contributed by atoms with van der Waals surface area (Å²) < 4.78 is 1.74. The van der Waals surface area contributed by atoms with Crippen molar-refractivity contribution in [1.29, 1.82) is 0 Å². The molecule has 2 heterocycles. The van der Waals surface area contributed by atoms with Crippen molar-refractivity contribution < 1.29 is 10.0 Å². The molecular weight excluding hydrogens is 301 g/mol. The molecule has 0 aliphatic rings. The first kappa shape index (κ1) is 14.6. The second-order valence-corrected chi connectivity index (χ2v) is 5.49. The summed E-state index contributed by atoms with van der Waals surface area (Å²) in [6, 6.07) is 20.9. The van der Waals surface area contributed by atoms with Crippen molar-refractivity contribution in [3.8, 4) is 22.5 Å². The summed E-state index contributed by atoms with van der Waals surface area (Å²) in [4.78, 5) is 4.65. The molecule has 2 aromatic heterocycles. The smallest absolute Gasteiger partial charge is 0.423 e. The highest BCUT2D eigenvalue weighted by molar-refractivity contribution is 6.58. The Labute approximate surface area is 139 Å². The van der Waals surface area contributed by atoms with Crippen molar-refractivity contribution >= 4 is 18.2 Å². The number of benzene rings is 2. The highest BCUT2D eigenvalue weighted by Crippen LogP contribution is 2.25. The lowest BCUT2D eigenvalue weighted by Crippen LogP contribution is -2.29. The molecule has 0 amide bonds. The number of hydrogen-bond acceptors (Lipinski definition) is 4. The number of aromatic nitrogens is 3. The van der Waals surface area contributed by atoms with Gasteiger partial charge in [-0.3, -0.25) is 0 Å². The van der Waals surface area contributed by atoms with E-state index in [1.807, 2.05) is 54.7 Å². The molecule has 0 aliphatic carbocycles. The Morgan fingerprint density at radius 2 is 1.62 bits per heavy atom. The van der Waals surface area contributed by atoms with Crippen molar-refractivity contribution in [2.24, 2.45) is 0 Å². The summed E-state index contributed by atoms with van der Waals surface area (Å²) in [7, 11) is -1.51. The van der Waals surface area contributed by atoms with E-state index in [0.717, 1.165) is 22.3 Å². The summed E-state index contributed by atoms with van der Waals surface area (Å²) in [6.07, 6.45) is 1.85.